The van der Waals surface area contributed by atoms with Crippen LogP contribution in [0.5, 0.6) is 0 Å². The highest BCUT2D eigenvalue weighted by molar-refractivity contribution is 5.94. The normalized spacial score (nSPS) is 10.6. The van der Waals surface area contributed by atoms with Gasteiger partial charge < -0.3 is 9.15 Å². The molecule has 2 rings (SSSR count). The third kappa shape index (κ3) is 4.44. The van der Waals surface area contributed by atoms with E-state index in [1.807, 2.05) is 18.2 Å². The zero-order chi connectivity index (χ0) is 15.1. The zero-order valence-corrected chi connectivity index (χ0v) is 12.1. The fraction of sp³-hybridized carbons (Fsp3) is 0.312. The van der Waals surface area contributed by atoms with Gasteiger partial charge >= 0.3 is 0 Å². The minimum Gasteiger partial charge on any atom is -0.463 e. The number of nitrogens with two attached hydrogens (primary N) is 1. The van der Waals surface area contributed by atoms with Gasteiger partial charge in [0.25, 0.3) is 5.91 Å². The maximum Gasteiger partial charge on any atom is 0.268 e. The summed E-state index contributed by atoms with van der Waals surface area (Å²) < 4.78 is 11.0. The van der Waals surface area contributed by atoms with Gasteiger partial charge in [0.2, 0.25) is 0 Å². The van der Waals surface area contributed by atoms with Crippen molar-refractivity contribution in [1.82, 2.24) is 5.43 Å². The molecule has 0 aliphatic rings. The summed E-state index contributed by atoms with van der Waals surface area (Å²) in [5, 5.41) is 0. The number of rotatable bonds is 7. The summed E-state index contributed by atoms with van der Waals surface area (Å²) in [6.45, 7) is 2.73. The first kappa shape index (κ1) is 15.3. The van der Waals surface area contributed by atoms with Crippen LogP contribution in [0.15, 0.2) is 40.8 Å². The van der Waals surface area contributed by atoms with Crippen molar-refractivity contribution in [3.8, 4) is 0 Å². The molecule has 2 aromatic rings. The van der Waals surface area contributed by atoms with Gasteiger partial charge in [0, 0.05) is 6.61 Å². The molecule has 0 aliphatic heterocycles. The van der Waals surface area contributed by atoms with E-state index in [0.717, 1.165) is 12.8 Å². The number of nitrogens with one attached hydrogen (secondary N) is 1. The lowest BCUT2D eigenvalue weighted by atomic mass is 10.1. The van der Waals surface area contributed by atoms with Crippen LogP contribution in [0, 0.1) is 6.92 Å². The van der Waals surface area contributed by atoms with E-state index in [1.54, 1.807) is 13.0 Å². The molecule has 5 nitrogen and oxygen atoms in total. The number of aryl methyl sites for hydroxylation is 2. The van der Waals surface area contributed by atoms with Gasteiger partial charge in [-0.25, -0.2) is 5.84 Å². The molecule has 0 saturated heterocycles. The molecule has 0 saturated carbocycles. The minimum atomic E-state index is -0.355. The Bertz CT molecular complexity index is 578. The molecule has 1 aromatic heterocycles. The molecule has 0 spiro atoms. The van der Waals surface area contributed by atoms with Crippen LogP contribution in [-0.2, 0) is 17.8 Å². The van der Waals surface area contributed by atoms with Gasteiger partial charge in [-0.1, -0.05) is 30.3 Å². The lowest BCUT2D eigenvalue weighted by Gasteiger charge is -2.02. The van der Waals surface area contributed by atoms with Crippen molar-refractivity contribution in [2.45, 2.75) is 26.4 Å². The maximum absolute atomic E-state index is 11.4. The molecule has 5 heteroatoms. The Morgan fingerprint density at radius 1 is 1.33 bits per heavy atom. The quantitative estimate of drug-likeness (QED) is 0.355. The monoisotopic (exact) mass is 288 g/mol. The maximum atomic E-state index is 11.4. The molecule has 21 heavy (non-hydrogen) atoms. The van der Waals surface area contributed by atoms with Crippen molar-refractivity contribution >= 4 is 5.91 Å². The molecule has 1 aromatic carbocycles. The standard InChI is InChI=1S/C16H20N2O3/c1-12-15(16(19)18-17)10-14(21-12)11-20-9-5-8-13-6-3-2-4-7-13/h2-4,6-7,10H,5,8-9,11,17H2,1H3,(H,18,19). The highest BCUT2D eigenvalue weighted by Crippen LogP contribution is 2.15. The number of hydrazine groups is 1. The van der Waals surface area contributed by atoms with E-state index in [9.17, 15) is 4.79 Å². The average molecular weight is 288 g/mol. The second-order valence-corrected chi connectivity index (χ2v) is 4.80. The number of furan rings is 1. The highest BCUT2D eigenvalue weighted by Gasteiger charge is 2.13. The van der Waals surface area contributed by atoms with Crippen molar-refractivity contribution < 1.29 is 13.9 Å². The zero-order valence-electron chi connectivity index (χ0n) is 12.1. The van der Waals surface area contributed by atoms with E-state index in [-0.39, 0.29) is 5.91 Å². The predicted molar refractivity (Wildman–Crippen MR) is 79.5 cm³/mol. The SMILES string of the molecule is Cc1oc(COCCCc2ccccc2)cc1C(=O)NN. The predicted octanol–water partition coefficient (Wildman–Crippen LogP) is 2.34. The smallest absolute Gasteiger partial charge is 0.268 e. The molecule has 0 fully saturated rings. The average Bonchev–Trinajstić information content (AvgIpc) is 2.88. The van der Waals surface area contributed by atoms with Gasteiger partial charge in [-0.05, 0) is 31.4 Å². The fourth-order valence-corrected chi connectivity index (χ4v) is 2.11. The Labute approximate surface area is 124 Å². The second kappa shape index (κ2) is 7.61. The third-order valence-corrected chi connectivity index (χ3v) is 3.19. The second-order valence-electron chi connectivity index (χ2n) is 4.80. The first-order valence-electron chi connectivity index (χ1n) is 6.92. The number of carbonyl (C=O) groups is 1. The summed E-state index contributed by atoms with van der Waals surface area (Å²) >= 11 is 0. The molecular formula is C16H20N2O3. The lowest BCUT2D eigenvalue weighted by molar-refractivity contribution is 0.0952. The van der Waals surface area contributed by atoms with Gasteiger partial charge in [-0.2, -0.15) is 0 Å². The van der Waals surface area contributed by atoms with Crippen LogP contribution in [0.1, 0.15) is 33.9 Å². The number of ether oxygens (including phenoxy) is 1. The van der Waals surface area contributed by atoms with Gasteiger partial charge in [-0.15, -0.1) is 0 Å². The van der Waals surface area contributed by atoms with Crippen LogP contribution < -0.4 is 11.3 Å². The Hall–Kier alpha value is -2.11. The van der Waals surface area contributed by atoms with Crippen LogP contribution in [-0.4, -0.2) is 12.5 Å². The summed E-state index contributed by atoms with van der Waals surface area (Å²) in [5.41, 5.74) is 3.84. The molecule has 1 amide bonds. The molecule has 0 bridgehead atoms. The number of hydrogen-bond donors (Lipinski definition) is 2. The van der Waals surface area contributed by atoms with Crippen molar-refractivity contribution in [2.75, 3.05) is 6.61 Å². The van der Waals surface area contributed by atoms with Gasteiger partial charge in [0.15, 0.2) is 0 Å². The number of hydrogen-bond acceptors (Lipinski definition) is 4. The number of amides is 1. The molecule has 3 N–H and O–H groups in total. The summed E-state index contributed by atoms with van der Waals surface area (Å²) in [5.74, 6) is 5.92. The van der Waals surface area contributed by atoms with E-state index >= 15 is 0 Å². The fourth-order valence-electron chi connectivity index (χ4n) is 2.11. The summed E-state index contributed by atoms with van der Waals surface area (Å²) in [4.78, 5) is 11.4. The van der Waals surface area contributed by atoms with E-state index in [4.69, 9.17) is 15.0 Å². The summed E-state index contributed by atoms with van der Waals surface area (Å²) in [6.07, 6.45) is 1.93. The Balaban J connectivity index is 1.73. The van der Waals surface area contributed by atoms with Crippen molar-refractivity contribution in [3.63, 3.8) is 0 Å². The first-order chi connectivity index (χ1) is 10.2. The Kier molecular flexibility index (Phi) is 5.54. The van der Waals surface area contributed by atoms with Gasteiger partial charge in [0.05, 0.1) is 5.56 Å². The van der Waals surface area contributed by atoms with Crippen LogP contribution in [0.2, 0.25) is 0 Å². The largest absolute Gasteiger partial charge is 0.463 e. The minimum absolute atomic E-state index is 0.355. The molecule has 0 unspecified atom stereocenters. The number of nitrogen functional groups attached to an aromatic ring is 1. The molecule has 0 aliphatic carbocycles. The van der Waals surface area contributed by atoms with Crippen molar-refractivity contribution in [3.05, 3.63) is 59.0 Å². The van der Waals surface area contributed by atoms with E-state index < -0.39 is 0 Å². The first-order valence-corrected chi connectivity index (χ1v) is 6.92. The van der Waals surface area contributed by atoms with Crippen LogP contribution >= 0.6 is 0 Å². The Morgan fingerprint density at radius 3 is 2.81 bits per heavy atom. The van der Waals surface area contributed by atoms with E-state index in [0.29, 0.717) is 30.3 Å². The van der Waals surface area contributed by atoms with E-state index in [2.05, 4.69) is 17.6 Å². The van der Waals surface area contributed by atoms with Crippen molar-refractivity contribution in [2.24, 2.45) is 5.84 Å². The van der Waals surface area contributed by atoms with Gasteiger partial charge in [-0.3, -0.25) is 10.2 Å². The van der Waals surface area contributed by atoms with Gasteiger partial charge in [0.1, 0.15) is 18.1 Å². The lowest BCUT2D eigenvalue weighted by Crippen LogP contribution is -2.30. The van der Waals surface area contributed by atoms with Crippen LogP contribution in [0.25, 0.3) is 0 Å². The van der Waals surface area contributed by atoms with Crippen LogP contribution in [0.4, 0.5) is 0 Å². The molecule has 1 heterocycles. The highest BCUT2D eigenvalue weighted by atomic mass is 16.5. The number of carbonyl (C=O) groups excluding carboxylic acids is 1. The van der Waals surface area contributed by atoms with Crippen molar-refractivity contribution in [1.29, 1.82) is 0 Å². The molecule has 112 valence electrons. The molecular weight excluding hydrogens is 268 g/mol. The third-order valence-electron chi connectivity index (χ3n) is 3.19. The molecule has 0 atom stereocenters. The van der Waals surface area contributed by atoms with E-state index in [1.165, 1.54) is 5.56 Å². The Morgan fingerprint density at radius 2 is 2.10 bits per heavy atom. The number of benzene rings is 1. The van der Waals surface area contributed by atoms with Crippen LogP contribution in [0.3, 0.4) is 0 Å². The molecule has 0 radical (unpaired) electrons. The summed E-state index contributed by atoms with van der Waals surface area (Å²) in [7, 11) is 0. The topological polar surface area (TPSA) is 77.5 Å². The summed E-state index contributed by atoms with van der Waals surface area (Å²) in [6, 6.07) is 11.9.